The van der Waals surface area contributed by atoms with Crippen molar-refractivity contribution in [3.05, 3.63) is 0 Å². The fraction of sp³-hybridized carbons (Fsp3) is 0.889. The molecular formula is C9H20N2O. The lowest BCUT2D eigenvalue weighted by molar-refractivity contribution is -0.116. The molecule has 3 nitrogen and oxygen atoms in total. The van der Waals surface area contributed by atoms with E-state index < -0.39 is 0 Å². The third kappa shape index (κ3) is 9.59. The maximum absolute atomic E-state index is 10.5. The molecule has 2 N–H and O–H groups in total. The first kappa shape index (κ1) is 11.6. The summed E-state index contributed by atoms with van der Waals surface area (Å²) in [5.74, 6) is 0.201. The van der Waals surface area contributed by atoms with Crippen LogP contribution in [0.25, 0.3) is 0 Å². The Kier molecular flexibility index (Phi) is 7.00. The van der Waals surface area contributed by atoms with Gasteiger partial charge in [0, 0.05) is 6.04 Å². The molecule has 12 heavy (non-hydrogen) atoms. The molecule has 0 aliphatic carbocycles. The minimum Gasteiger partial charge on any atom is -0.314 e. The number of nitrogens with one attached hydrogen (secondary N) is 2. The van der Waals surface area contributed by atoms with Crippen LogP contribution in [0.3, 0.4) is 0 Å². The molecule has 0 aromatic rings. The Labute approximate surface area is 74.9 Å². The standard InChI is InChI=1S/C9H20N2O/c1-8(2)11-6-4-5-10-7-9(3)12/h8,10-11H,4-7H2,1-3H3. The molecule has 0 atom stereocenters. The van der Waals surface area contributed by atoms with Crippen molar-refractivity contribution in [1.29, 1.82) is 0 Å². The van der Waals surface area contributed by atoms with Crippen LogP contribution >= 0.6 is 0 Å². The van der Waals surface area contributed by atoms with Gasteiger partial charge in [-0.3, -0.25) is 4.79 Å². The lowest BCUT2D eigenvalue weighted by atomic mass is 10.3. The van der Waals surface area contributed by atoms with Gasteiger partial charge in [0.25, 0.3) is 0 Å². The first-order valence-corrected chi connectivity index (χ1v) is 4.56. The van der Waals surface area contributed by atoms with Crippen LogP contribution in [0.1, 0.15) is 27.2 Å². The molecule has 0 unspecified atom stereocenters. The molecule has 0 aliphatic heterocycles. The van der Waals surface area contributed by atoms with Crippen molar-refractivity contribution in [2.24, 2.45) is 0 Å². The largest absolute Gasteiger partial charge is 0.314 e. The number of carbonyl (C=O) groups is 1. The summed E-state index contributed by atoms with van der Waals surface area (Å²) in [4.78, 5) is 10.5. The molecule has 0 heterocycles. The number of hydrogen-bond donors (Lipinski definition) is 2. The van der Waals surface area contributed by atoms with E-state index in [1.165, 1.54) is 0 Å². The first-order chi connectivity index (χ1) is 5.63. The van der Waals surface area contributed by atoms with E-state index in [2.05, 4.69) is 24.5 Å². The monoisotopic (exact) mass is 172 g/mol. The molecule has 0 saturated carbocycles. The maximum Gasteiger partial charge on any atom is 0.143 e. The number of ketones is 1. The lowest BCUT2D eigenvalue weighted by Crippen LogP contribution is -2.28. The van der Waals surface area contributed by atoms with Crippen LogP contribution in [0, 0.1) is 0 Å². The normalized spacial score (nSPS) is 10.7. The van der Waals surface area contributed by atoms with E-state index in [0.29, 0.717) is 12.6 Å². The number of hydrogen-bond acceptors (Lipinski definition) is 3. The van der Waals surface area contributed by atoms with Crippen molar-refractivity contribution in [2.45, 2.75) is 33.2 Å². The second-order valence-electron chi connectivity index (χ2n) is 3.34. The fourth-order valence-corrected chi connectivity index (χ4v) is 0.869. The molecule has 0 radical (unpaired) electrons. The number of Topliss-reactive ketones (excluding diaryl/α,β-unsaturated/α-hetero) is 1. The Morgan fingerprint density at radius 1 is 1.33 bits per heavy atom. The van der Waals surface area contributed by atoms with Crippen molar-refractivity contribution < 1.29 is 4.79 Å². The molecule has 0 aromatic heterocycles. The molecular weight excluding hydrogens is 152 g/mol. The summed E-state index contributed by atoms with van der Waals surface area (Å²) in [5.41, 5.74) is 0. The highest BCUT2D eigenvalue weighted by molar-refractivity contribution is 5.77. The molecule has 3 heteroatoms. The summed E-state index contributed by atoms with van der Waals surface area (Å²) < 4.78 is 0. The van der Waals surface area contributed by atoms with Crippen LogP contribution in [0.4, 0.5) is 0 Å². The molecule has 0 spiro atoms. The zero-order valence-electron chi connectivity index (χ0n) is 8.31. The third-order valence-corrected chi connectivity index (χ3v) is 1.46. The van der Waals surface area contributed by atoms with Crippen LogP contribution in [0.5, 0.6) is 0 Å². The zero-order valence-corrected chi connectivity index (χ0v) is 8.31. The Balaban J connectivity index is 2.96. The highest BCUT2D eigenvalue weighted by atomic mass is 16.1. The van der Waals surface area contributed by atoms with Crippen LogP contribution < -0.4 is 10.6 Å². The Hall–Kier alpha value is -0.410. The highest BCUT2D eigenvalue weighted by Gasteiger charge is 1.93. The van der Waals surface area contributed by atoms with Crippen LogP contribution in [-0.4, -0.2) is 31.5 Å². The first-order valence-electron chi connectivity index (χ1n) is 4.56. The summed E-state index contributed by atoms with van der Waals surface area (Å²) in [5, 5.41) is 6.38. The molecule has 0 bridgehead atoms. The van der Waals surface area contributed by atoms with E-state index in [9.17, 15) is 4.79 Å². The number of carbonyl (C=O) groups excluding carboxylic acids is 1. The quantitative estimate of drug-likeness (QED) is 0.551. The Morgan fingerprint density at radius 2 is 2.00 bits per heavy atom. The van der Waals surface area contributed by atoms with E-state index in [1.54, 1.807) is 6.92 Å². The molecule has 0 amide bonds. The van der Waals surface area contributed by atoms with Crippen LogP contribution in [-0.2, 0) is 4.79 Å². The summed E-state index contributed by atoms with van der Waals surface area (Å²) in [6, 6.07) is 0.554. The van der Waals surface area contributed by atoms with Gasteiger partial charge in [-0.2, -0.15) is 0 Å². The van der Waals surface area contributed by atoms with E-state index in [4.69, 9.17) is 0 Å². The molecule has 0 saturated heterocycles. The highest BCUT2D eigenvalue weighted by Crippen LogP contribution is 1.78. The average molecular weight is 172 g/mol. The van der Waals surface area contributed by atoms with E-state index in [-0.39, 0.29) is 5.78 Å². The van der Waals surface area contributed by atoms with E-state index in [1.807, 2.05) is 0 Å². The Morgan fingerprint density at radius 3 is 2.50 bits per heavy atom. The minimum absolute atomic E-state index is 0.201. The summed E-state index contributed by atoms with van der Waals surface area (Å²) in [6.45, 7) is 8.29. The Bertz CT molecular complexity index is 124. The summed E-state index contributed by atoms with van der Waals surface area (Å²) in [6.07, 6.45) is 1.07. The molecule has 0 aliphatic rings. The van der Waals surface area contributed by atoms with Gasteiger partial charge in [-0.15, -0.1) is 0 Å². The van der Waals surface area contributed by atoms with Crippen molar-refractivity contribution >= 4 is 5.78 Å². The fourth-order valence-electron chi connectivity index (χ4n) is 0.869. The molecule has 0 fully saturated rings. The van der Waals surface area contributed by atoms with Gasteiger partial charge >= 0.3 is 0 Å². The second kappa shape index (κ2) is 7.25. The van der Waals surface area contributed by atoms with Gasteiger partial charge in [0.05, 0.1) is 6.54 Å². The topological polar surface area (TPSA) is 41.1 Å². The van der Waals surface area contributed by atoms with Gasteiger partial charge in [-0.25, -0.2) is 0 Å². The van der Waals surface area contributed by atoms with Crippen molar-refractivity contribution in [3.63, 3.8) is 0 Å². The van der Waals surface area contributed by atoms with Crippen molar-refractivity contribution in [3.8, 4) is 0 Å². The van der Waals surface area contributed by atoms with Crippen LogP contribution in [0.2, 0.25) is 0 Å². The molecule has 0 aromatic carbocycles. The average Bonchev–Trinajstić information content (AvgIpc) is 1.95. The van der Waals surface area contributed by atoms with Crippen molar-refractivity contribution in [1.82, 2.24) is 10.6 Å². The van der Waals surface area contributed by atoms with E-state index in [0.717, 1.165) is 19.5 Å². The van der Waals surface area contributed by atoms with Gasteiger partial charge in [0.2, 0.25) is 0 Å². The van der Waals surface area contributed by atoms with Gasteiger partial charge in [-0.1, -0.05) is 13.8 Å². The third-order valence-electron chi connectivity index (χ3n) is 1.46. The van der Waals surface area contributed by atoms with Gasteiger partial charge in [-0.05, 0) is 26.4 Å². The van der Waals surface area contributed by atoms with Crippen molar-refractivity contribution in [2.75, 3.05) is 19.6 Å². The second-order valence-corrected chi connectivity index (χ2v) is 3.34. The minimum atomic E-state index is 0.201. The summed E-state index contributed by atoms with van der Waals surface area (Å²) in [7, 11) is 0. The maximum atomic E-state index is 10.5. The van der Waals surface area contributed by atoms with E-state index >= 15 is 0 Å². The lowest BCUT2D eigenvalue weighted by Gasteiger charge is -2.07. The predicted octanol–water partition coefficient (Wildman–Crippen LogP) is 0.553. The smallest absolute Gasteiger partial charge is 0.143 e. The van der Waals surface area contributed by atoms with Gasteiger partial charge in [0.1, 0.15) is 5.78 Å². The SMILES string of the molecule is CC(=O)CNCCCNC(C)C. The molecule has 72 valence electrons. The van der Waals surface area contributed by atoms with Crippen LogP contribution in [0.15, 0.2) is 0 Å². The molecule has 0 rings (SSSR count). The zero-order chi connectivity index (χ0) is 9.40. The van der Waals surface area contributed by atoms with Gasteiger partial charge in [0.15, 0.2) is 0 Å². The summed E-state index contributed by atoms with van der Waals surface area (Å²) >= 11 is 0. The predicted molar refractivity (Wildman–Crippen MR) is 51.3 cm³/mol. The van der Waals surface area contributed by atoms with Gasteiger partial charge < -0.3 is 10.6 Å². The number of rotatable bonds is 7.